The highest BCUT2D eigenvalue weighted by Gasteiger charge is 2.26. The van der Waals surface area contributed by atoms with E-state index in [0.717, 1.165) is 32.5 Å². The van der Waals surface area contributed by atoms with Crippen LogP contribution >= 0.6 is 0 Å². The van der Waals surface area contributed by atoms with Crippen molar-refractivity contribution in [2.24, 2.45) is 17.1 Å². The fourth-order valence-electron chi connectivity index (χ4n) is 2.36. The first kappa shape index (κ1) is 14.9. The summed E-state index contributed by atoms with van der Waals surface area (Å²) < 4.78 is 5.68. The molecule has 3 N–H and O–H groups in total. The Hall–Kier alpha value is -0.120. The Morgan fingerprint density at radius 2 is 2.12 bits per heavy atom. The summed E-state index contributed by atoms with van der Waals surface area (Å²) in [4.78, 5) is 0. The Kier molecular flexibility index (Phi) is 5.90. The molecule has 0 aromatic rings. The highest BCUT2D eigenvalue weighted by Crippen LogP contribution is 2.23. The summed E-state index contributed by atoms with van der Waals surface area (Å²) in [6.45, 7) is 11.9. The van der Waals surface area contributed by atoms with Gasteiger partial charge in [-0.3, -0.25) is 0 Å². The molecule has 17 heavy (non-hydrogen) atoms. The molecule has 102 valence electrons. The van der Waals surface area contributed by atoms with Crippen molar-refractivity contribution in [3.8, 4) is 0 Å². The molecule has 0 aliphatic carbocycles. The first-order valence-electron chi connectivity index (χ1n) is 7.03. The van der Waals surface area contributed by atoms with E-state index in [1.807, 2.05) is 0 Å². The molecule has 0 bridgehead atoms. The predicted octanol–water partition coefficient (Wildman–Crippen LogP) is 2.15. The van der Waals surface area contributed by atoms with Crippen LogP contribution in [0.4, 0.5) is 0 Å². The number of hydrogen-bond donors (Lipinski definition) is 2. The maximum Gasteiger partial charge on any atom is 0.0613 e. The van der Waals surface area contributed by atoms with Crippen LogP contribution in [0.25, 0.3) is 0 Å². The van der Waals surface area contributed by atoms with Crippen LogP contribution in [0.2, 0.25) is 0 Å². The smallest absolute Gasteiger partial charge is 0.0613 e. The summed E-state index contributed by atoms with van der Waals surface area (Å²) in [7, 11) is 0. The molecule has 0 aromatic heterocycles. The quantitative estimate of drug-likeness (QED) is 0.702. The van der Waals surface area contributed by atoms with Gasteiger partial charge in [0.2, 0.25) is 0 Å². The largest absolute Gasteiger partial charge is 0.378 e. The SMILES string of the molecule is CCC1OCCC1CNCCC(N)C(C)(C)C. The zero-order valence-electron chi connectivity index (χ0n) is 12.0. The Bertz CT molecular complexity index is 213. The molecular weight excluding hydrogens is 212 g/mol. The molecule has 1 heterocycles. The molecule has 0 saturated carbocycles. The molecule has 3 nitrogen and oxygen atoms in total. The average Bonchev–Trinajstić information content (AvgIpc) is 2.70. The summed E-state index contributed by atoms with van der Waals surface area (Å²) >= 11 is 0. The predicted molar refractivity (Wildman–Crippen MR) is 73.1 cm³/mol. The van der Waals surface area contributed by atoms with Crippen LogP contribution in [0.15, 0.2) is 0 Å². The molecule has 1 fully saturated rings. The first-order valence-corrected chi connectivity index (χ1v) is 7.03. The van der Waals surface area contributed by atoms with Gasteiger partial charge in [-0.2, -0.15) is 0 Å². The second-order valence-corrected chi connectivity index (χ2v) is 6.33. The van der Waals surface area contributed by atoms with Gasteiger partial charge in [0, 0.05) is 19.2 Å². The number of ether oxygens (including phenoxy) is 1. The standard InChI is InChI=1S/C14H30N2O/c1-5-12-11(7-9-17-12)10-16-8-6-13(15)14(2,3)4/h11-13,16H,5-10,15H2,1-4H3. The van der Waals surface area contributed by atoms with E-state index < -0.39 is 0 Å². The summed E-state index contributed by atoms with van der Waals surface area (Å²) in [6, 6.07) is 0.275. The van der Waals surface area contributed by atoms with Crippen LogP contribution in [0.5, 0.6) is 0 Å². The van der Waals surface area contributed by atoms with Gasteiger partial charge in [-0.1, -0.05) is 27.7 Å². The molecule has 1 aliphatic rings. The second kappa shape index (κ2) is 6.72. The third kappa shape index (κ3) is 4.94. The van der Waals surface area contributed by atoms with Crippen molar-refractivity contribution in [2.75, 3.05) is 19.7 Å². The van der Waals surface area contributed by atoms with Crippen molar-refractivity contribution in [1.82, 2.24) is 5.32 Å². The van der Waals surface area contributed by atoms with E-state index in [-0.39, 0.29) is 11.5 Å². The Labute approximate surface area is 106 Å². The summed E-state index contributed by atoms with van der Waals surface area (Å²) in [6.07, 6.45) is 3.86. The van der Waals surface area contributed by atoms with E-state index in [1.165, 1.54) is 6.42 Å². The maximum atomic E-state index is 6.13. The molecule has 0 amide bonds. The molecule has 3 atom stereocenters. The van der Waals surface area contributed by atoms with Gasteiger partial charge in [0.15, 0.2) is 0 Å². The van der Waals surface area contributed by atoms with E-state index in [9.17, 15) is 0 Å². The van der Waals surface area contributed by atoms with Gasteiger partial charge in [0.25, 0.3) is 0 Å². The molecule has 1 aliphatic heterocycles. The summed E-state index contributed by atoms with van der Waals surface area (Å²) in [5.41, 5.74) is 6.35. The lowest BCUT2D eigenvalue weighted by Crippen LogP contribution is -2.38. The minimum atomic E-state index is 0.212. The van der Waals surface area contributed by atoms with Gasteiger partial charge in [-0.05, 0) is 37.1 Å². The zero-order valence-corrected chi connectivity index (χ0v) is 12.0. The van der Waals surface area contributed by atoms with Gasteiger partial charge in [0.1, 0.15) is 0 Å². The van der Waals surface area contributed by atoms with Gasteiger partial charge in [-0.25, -0.2) is 0 Å². The summed E-state index contributed by atoms with van der Waals surface area (Å²) in [5.74, 6) is 0.700. The number of hydrogen-bond acceptors (Lipinski definition) is 3. The van der Waals surface area contributed by atoms with Crippen LogP contribution in [-0.2, 0) is 4.74 Å². The Morgan fingerprint density at radius 3 is 2.71 bits per heavy atom. The highest BCUT2D eigenvalue weighted by atomic mass is 16.5. The van der Waals surface area contributed by atoms with Crippen molar-refractivity contribution < 1.29 is 4.74 Å². The fraction of sp³-hybridized carbons (Fsp3) is 1.00. The normalized spacial score (nSPS) is 27.4. The second-order valence-electron chi connectivity index (χ2n) is 6.33. The van der Waals surface area contributed by atoms with Crippen molar-refractivity contribution in [3.05, 3.63) is 0 Å². The molecule has 3 unspecified atom stereocenters. The highest BCUT2D eigenvalue weighted by molar-refractivity contribution is 4.79. The minimum Gasteiger partial charge on any atom is -0.378 e. The number of nitrogens with one attached hydrogen (secondary N) is 1. The van der Waals surface area contributed by atoms with Crippen molar-refractivity contribution in [1.29, 1.82) is 0 Å². The van der Waals surface area contributed by atoms with E-state index in [4.69, 9.17) is 10.5 Å². The van der Waals surface area contributed by atoms with Crippen LogP contribution in [0.1, 0.15) is 47.0 Å². The number of nitrogens with two attached hydrogens (primary N) is 1. The Morgan fingerprint density at radius 1 is 1.41 bits per heavy atom. The van der Waals surface area contributed by atoms with Crippen molar-refractivity contribution >= 4 is 0 Å². The van der Waals surface area contributed by atoms with E-state index >= 15 is 0 Å². The first-order chi connectivity index (χ1) is 7.95. The lowest BCUT2D eigenvalue weighted by molar-refractivity contribution is 0.0872. The molecule has 0 spiro atoms. The lowest BCUT2D eigenvalue weighted by atomic mass is 9.85. The third-order valence-corrected chi connectivity index (χ3v) is 3.90. The molecule has 3 heteroatoms. The zero-order chi connectivity index (χ0) is 12.9. The monoisotopic (exact) mass is 242 g/mol. The average molecular weight is 242 g/mol. The van der Waals surface area contributed by atoms with E-state index in [0.29, 0.717) is 12.0 Å². The molecule has 1 rings (SSSR count). The molecular formula is C14H30N2O. The summed E-state index contributed by atoms with van der Waals surface area (Å²) in [5, 5.41) is 3.53. The fourth-order valence-corrected chi connectivity index (χ4v) is 2.36. The Balaban J connectivity index is 2.12. The van der Waals surface area contributed by atoms with Crippen molar-refractivity contribution in [2.45, 2.75) is 59.1 Å². The molecule has 1 saturated heterocycles. The van der Waals surface area contributed by atoms with Gasteiger partial charge in [-0.15, -0.1) is 0 Å². The van der Waals surface area contributed by atoms with Crippen LogP contribution in [0.3, 0.4) is 0 Å². The van der Waals surface area contributed by atoms with Crippen molar-refractivity contribution in [3.63, 3.8) is 0 Å². The lowest BCUT2D eigenvalue weighted by Gasteiger charge is -2.27. The van der Waals surface area contributed by atoms with Gasteiger partial charge < -0.3 is 15.8 Å². The van der Waals surface area contributed by atoms with Crippen LogP contribution in [-0.4, -0.2) is 31.8 Å². The van der Waals surface area contributed by atoms with Crippen LogP contribution < -0.4 is 11.1 Å². The van der Waals surface area contributed by atoms with Gasteiger partial charge >= 0.3 is 0 Å². The third-order valence-electron chi connectivity index (χ3n) is 3.90. The van der Waals surface area contributed by atoms with Gasteiger partial charge in [0.05, 0.1) is 6.10 Å². The molecule has 0 radical (unpaired) electrons. The molecule has 0 aromatic carbocycles. The maximum absolute atomic E-state index is 6.13. The topological polar surface area (TPSA) is 47.3 Å². The van der Waals surface area contributed by atoms with Crippen LogP contribution in [0, 0.1) is 11.3 Å². The van der Waals surface area contributed by atoms with E-state index in [1.54, 1.807) is 0 Å². The minimum absolute atomic E-state index is 0.212. The number of rotatable bonds is 6. The van der Waals surface area contributed by atoms with E-state index in [2.05, 4.69) is 33.0 Å².